The quantitative estimate of drug-likeness (QED) is 0.641. The van der Waals surface area contributed by atoms with Crippen LogP contribution in [-0.4, -0.2) is 54.1 Å². The van der Waals surface area contributed by atoms with Crippen molar-refractivity contribution in [2.75, 3.05) is 20.6 Å². The Labute approximate surface area is 112 Å². The molecule has 3 N–H and O–H groups in total. The molecule has 0 radical (unpaired) electrons. The number of carboxylic acids is 1. The van der Waals surface area contributed by atoms with Crippen LogP contribution in [0.5, 0.6) is 0 Å². The van der Waals surface area contributed by atoms with Crippen LogP contribution in [0.1, 0.15) is 32.1 Å². The molecule has 0 heterocycles. The highest BCUT2D eigenvalue weighted by molar-refractivity contribution is 5.79. The van der Waals surface area contributed by atoms with E-state index < -0.39 is 11.5 Å². The summed E-state index contributed by atoms with van der Waals surface area (Å²) in [6.07, 6.45) is 2.48. The lowest BCUT2D eigenvalue weighted by Gasteiger charge is -2.42. The van der Waals surface area contributed by atoms with Gasteiger partial charge in [0.15, 0.2) is 0 Å². The number of hydrogen-bond donors (Lipinski definition) is 3. The van der Waals surface area contributed by atoms with E-state index in [1.807, 2.05) is 0 Å². The summed E-state index contributed by atoms with van der Waals surface area (Å²) in [5, 5.41) is 14.1. The minimum Gasteiger partial charge on any atom is -0.481 e. The largest absolute Gasteiger partial charge is 0.481 e. The molecule has 1 saturated carbocycles. The molecule has 7 nitrogen and oxygen atoms in total. The third kappa shape index (κ3) is 4.42. The molecule has 0 spiro atoms. The van der Waals surface area contributed by atoms with Gasteiger partial charge in [-0.2, -0.15) is 0 Å². The highest BCUT2D eigenvalue weighted by atomic mass is 16.4. The van der Waals surface area contributed by atoms with Crippen LogP contribution >= 0.6 is 0 Å². The summed E-state index contributed by atoms with van der Waals surface area (Å²) in [7, 11) is 3.13. The maximum Gasteiger partial charge on any atom is 0.317 e. The van der Waals surface area contributed by atoms with E-state index in [0.717, 1.165) is 6.42 Å². The van der Waals surface area contributed by atoms with Crippen molar-refractivity contribution in [2.45, 2.75) is 37.6 Å². The normalized spacial score (nSPS) is 16.1. The van der Waals surface area contributed by atoms with Crippen molar-refractivity contribution in [3.63, 3.8) is 0 Å². The van der Waals surface area contributed by atoms with Crippen molar-refractivity contribution in [1.82, 2.24) is 15.5 Å². The molecule has 0 aromatic heterocycles. The summed E-state index contributed by atoms with van der Waals surface area (Å²) < 4.78 is 0. The van der Waals surface area contributed by atoms with E-state index in [1.54, 1.807) is 14.1 Å². The SMILES string of the molecule is CNC(=O)CCN(C)C(=O)NC1(CC(=O)O)CCC1. The van der Waals surface area contributed by atoms with Crippen LogP contribution in [-0.2, 0) is 9.59 Å². The molecule has 1 rings (SSSR count). The minimum atomic E-state index is -0.909. The molecule has 3 amide bonds. The zero-order valence-corrected chi connectivity index (χ0v) is 11.4. The minimum absolute atomic E-state index is 0.0535. The lowest BCUT2D eigenvalue weighted by Crippen LogP contribution is -2.57. The molecule has 7 heteroatoms. The van der Waals surface area contributed by atoms with E-state index in [4.69, 9.17) is 5.11 Å². The Morgan fingerprint density at radius 1 is 1.32 bits per heavy atom. The van der Waals surface area contributed by atoms with Gasteiger partial charge in [0.2, 0.25) is 5.91 Å². The van der Waals surface area contributed by atoms with Gasteiger partial charge in [0.1, 0.15) is 0 Å². The Hall–Kier alpha value is -1.79. The van der Waals surface area contributed by atoms with Gasteiger partial charge in [-0.25, -0.2) is 4.79 Å². The van der Waals surface area contributed by atoms with E-state index in [-0.39, 0.29) is 24.8 Å². The van der Waals surface area contributed by atoms with Gasteiger partial charge in [0.25, 0.3) is 0 Å². The maximum absolute atomic E-state index is 11.9. The van der Waals surface area contributed by atoms with Gasteiger partial charge in [0, 0.05) is 27.1 Å². The van der Waals surface area contributed by atoms with Gasteiger partial charge in [-0.15, -0.1) is 0 Å². The van der Waals surface area contributed by atoms with Crippen LogP contribution in [0.15, 0.2) is 0 Å². The number of amides is 3. The Bertz CT molecular complexity index is 366. The Kier molecular flexibility index (Phi) is 5.14. The first kappa shape index (κ1) is 15.3. The van der Waals surface area contributed by atoms with Crippen molar-refractivity contribution in [3.05, 3.63) is 0 Å². The third-order valence-electron chi connectivity index (χ3n) is 3.47. The first-order valence-electron chi connectivity index (χ1n) is 6.34. The number of aliphatic carboxylic acids is 1. The average Bonchev–Trinajstić information content (AvgIpc) is 2.31. The van der Waals surface area contributed by atoms with E-state index in [9.17, 15) is 14.4 Å². The Morgan fingerprint density at radius 2 is 1.95 bits per heavy atom. The standard InChI is InChI=1S/C12H21N3O4/c1-13-9(16)4-7-15(2)11(19)14-12(5-3-6-12)8-10(17)18/h3-8H2,1-2H3,(H,13,16)(H,14,19)(H,17,18). The topological polar surface area (TPSA) is 98.7 Å². The molecule has 1 aliphatic carbocycles. The number of carbonyl (C=O) groups is 3. The van der Waals surface area contributed by atoms with Crippen LogP contribution < -0.4 is 10.6 Å². The monoisotopic (exact) mass is 271 g/mol. The molecule has 19 heavy (non-hydrogen) atoms. The lowest BCUT2D eigenvalue weighted by atomic mass is 9.74. The number of nitrogens with zero attached hydrogens (tertiary/aromatic N) is 1. The van der Waals surface area contributed by atoms with Gasteiger partial charge in [0.05, 0.1) is 12.0 Å². The average molecular weight is 271 g/mol. The molecule has 0 unspecified atom stereocenters. The first-order chi connectivity index (χ1) is 8.88. The molecule has 1 fully saturated rings. The second-order valence-corrected chi connectivity index (χ2v) is 4.98. The first-order valence-corrected chi connectivity index (χ1v) is 6.34. The van der Waals surface area contributed by atoms with Crippen LogP contribution in [0, 0.1) is 0 Å². The van der Waals surface area contributed by atoms with E-state index in [0.29, 0.717) is 19.4 Å². The molecular formula is C12H21N3O4. The van der Waals surface area contributed by atoms with Crippen molar-refractivity contribution in [2.24, 2.45) is 0 Å². The number of hydrogen-bond acceptors (Lipinski definition) is 3. The molecule has 0 bridgehead atoms. The Balaban J connectivity index is 2.44. The molecule has 0 atom stereocenters. The van der Waals surface area contributed by atoms with Crippen LogP contribution in [0.3, 0.4) is 0 Å². The Morgan fingerprint density at radius 3 is 2.37 bits per heavy atom. The van der Waals surface area contributed by atoms with Crippen molar-refractivity contribution in [3.8, 4) is 0 Å². The summed E-state index contributed by atoms with van der Waals surface area (Å²) in [5.74, 6) is -1.04. The van der Waals surface area contributed by atoms with Crippen molar-refractivity contribution in [1.29, 1.82) is 0 Å². The summed E-state index contributed by atoms with van der Waals surface area (Å²) in [4.78, 5) is 35.2. The number of rotatable bonds is 6. The lowest BCUT2D eigenvalue weighted by molar-refractivity contribution is -0.139. The summed E-state index contributed by atoms with van der Waals surface area (Å²) in [6, 6.07) is -0.329. The van der Waals surface area contributed by atoms with Crippen LogP contribution in [0.2, 0.25) is 0 Å². The van der Waals surface area contributed by atoms with Gasteiger partial charge in [-0.3, -0.25) is 9.59 Å². The number of urea groups is 1. The van der Waals surface area contributed by atoms with Crippen molar-refractivity contribution < 1.29 is 19.5 Å². The molecule has 0 aromatic carbocycles. The van der Waals surface area contributed by atoms with Gasteiger partial charge < -0.3 is 20.6 Å². The van der Waals surface area contributed by atoms with Gasteiger partial charge >= 0.3 is 12.0 Å². The molecule has 0 saturated heterocycles. The fraction of sp³-hybridized carbons (Fsp3) is 0.750. The fourth-order valence-electron chi connectivity index (χ4n) is 2.06. The fourth-order valence-corrected chi connectivity index (χ4v) is 2.06. The van der Waals surface area contributed by atoms with E-state index in [2.05, 4.69) is 10.6 Å². The second kappa shape index (κ2) is 6.40. The predicted octanol–water partition coefficient (Wildman–Crippen LogP) is 0.161. The predicted molar refractivity (Wildman–Crippen MR) is 68.7 cm³/mol. The third-order valence-corrected chi connectivity index (χ3v) is 3.47. The van der Waals surface area contributed by atoms with Crippen LogP contribution in [0.4, 0.5) is 4.79 Å². The summed E-state index contributed by atoms with van der Waals surface area (Å²) in [6.45, 7) is 0.300. The number of nitrogens with one attached hydrogen (secondary N) is 2. The summed E-state index contributed by atoms with van der Waals surface area (Å²) in [5.41, 5.74) is -0.607. The maximum atomic E-state index is 11.9. The van der Waals surface area contributed by atoms with E-state index in [1.165, 1.54) is 4.90 Å². The zero-order chi connectivity index (χ0) is 14.5. The second-order valence-electron chi connectivity index (χ2n) is 4.98. The van der Waals surface area contributed by atoms with E-state index >= 15 is 0 Å². The molecule has 0 aromatic rings. The number of carbonyl (C=O) groups excluding carboxylic acids is 2. The summed E-state index contributed by atoms with van der Waals surface area (Å²) >= 11 is 0. The van der Waals surface area contributed by atoms with Crippen LogP contribution in [0.25, 0.3) is 0 Å². The molecule has 1 aliphatic rings. The molecule has 0 aliphatic heterocycles. The van der Waals surface area contributed by atoms with Gasteiger partial charge in [-0.1, -0.05) is 0 Å². The van der Waals surface area contributed by atoms with Gasteiger partial charge in [-0.05, 0) is 19.3 Å². The van der Waals surface area contributed by atoms with Crippen molar-refractivity contribution >= 4 is 17.9 Å². The zero-order valence-electron chi connectivity index (χ0n) is 11.4. The smallest absolute Gasteiger partial charge is 0.317 e. The molecule has 108 valence electrons. The number of carboxylic acid groups (broad SMARTS) is 1. The molecular weight excluding hydrogens is 250 g/mol. The highest BCUT2D eigenvalue weighted by Gasteiger charge is 2.40. The highest BCUT2D eigenvalue weighted by Crippen LogP contribution is 2.35.